The molecule has 5 heteroatoms. The van der Waals surface area contributed by atoms with Crippen molar-refractivity contribution in [2.75, 3.05) is 6.54 Å². The van der Waals surface area contributed by atoms with E-state index in [1.54, 1.807) is 0 Å². The minimum atomic E-state index is 0. The predicted octanol–water partition coefficient (Wildman–Crippen LogP) is 3.88. The van der Waals surface area contributed by atoms with Crippen molar-refractivity contribution >= 4 is 24.0 Å². The number of halogens is 2. The van der Waals surface area contributed by atoms with E-state index in [-0.39, 0.29) is 12.4 Å². The summed E-state index contributed by atoms with van der Waals surface area (Å²) >= 11 is 6.15. The fourth-order valence-electron chi connectivity index (χ4n) is 2.49. The second-order valence-corrected chi connectivity index (χ2v) is 5.18. The lowest BCUT2D eigenvalue weighted by atomic mass is 10.0. The number of nitrogens with one attached hydrogen (secondary N) is 2. The average Bonchev–Trinajstić information content (AvgIpc) is 3.01. The van der Waals surface area contributed by atoms with Crippen molar-refractivity contribution < 1.29 is 0 Å². The number of H-pyrrole nitrogens is 1. The Labute approximate surface area is 124 Å². The number of nitrogens with zero attached hydrogens (tertiary/aromatic N) is 1. The van der Waals surface area contributed by atoms with E-state index in [4.69, 9.17) is 11.6 Å². The van der Waals surface area contributed by atoms with Crippen LogP contribution in [0.1, 0.15) is 30.1 Å². The molecule has 0 radical (unpaired) electrons. The first-order chi connectivity index (χ1) is 8.75. The minimum absolute atomic E-state index is 0. The molecule has 2 heterocycles. The molecule has 0 unspecified atom stereocenters. The quantitative estimate of drug-likeness (QED) is 0.883. The molecule has 1 aromatic carbocycles. The monoisotopic (exact) mass is 297 g/mol. The summed E-state index contributed by atoms with van der Waals surface area (Å²) in [4.78, 5) is 0. The van der Waals surface area contributed by atoms with E-state index in [1.807, 2.05) is 19.1 Å². The van der Waals surface area contributed by atoms with Crippen molar-refractivity contribution in [3.05, 3.63) is 40.5 Å². The fourth-order valence-corrected chi connectivity index (χ4v) is 2.66. The zero-order chi connectivity index (χ0) is 12.5. The van der Waals surface area contributed by atoms with Gasteiger partial charge in [0.05, 0.1) is 11.4 Å². The molecule has 19 heavy (non-hydrogen) atoms. The van der Waals surface area contributed by atoms with Crippen LogP contribution in [0.4, 0.5) is 0 Å². The molecule has 1 fully saturated rings. The Morgan fingerprint density at radius 3 is 2.95 bits per heavy atom. The predicted molar refractivity (Wildman–Crippen MR) is 81.0 cm³/mol. The third kappa shape index (κ3) is 2.78. The second-order valence-electron chi connectivity index (χ2n) is 4.77. The van der Waals surface area contributed by atoms with Crippen molar-refractivity contribution in [1.29, 1.82) is 0 Å². The first-order valence-corrected chi connectivity index (χ1v) is 6.67. The largest absolute Gasteiger partial charge is 0.309 e. The van der Waals surface area contributed by atoms with E-state index < -0.39 is 0 Å². The highest BCUT2D eigenvalue weighted by atomic mass is 35.5. The van der Waals surface area contributed by atoms with E-state index in [2.05, 4.69) is 27.6 Å². The maximum Gasteiger partial charge on any atom is 0.0927 e. The highest BCUT2D eigenvalue weighted by Crippen LogP contribution is 2.29. The van der Waals surface area contributed by atoms with Gasteiger partial charge in [-0.2, -0.15) is 5.10 Å². The maximum absolute atomic E-state index is 6.15. The molecule has 1 aliphatic rings. The third-order valence-corrected chi connectivity index (χ3v) is 3.99. The molecule has 102 valence electrons. The van der Waals surface area contributed by atoms with Crippen LogP contribution in [0.15, 0.2) is 24.3 Å². The molecule has 0 amide bonds. The van der Waals surface area contributed by atoms with Gasteiger partial charge in [-0.1, -0.05) is 23.7 Å². The summed E-state index contributed by atoms with van der Waals surface area (Å²) in [6, 6.07) is 8.48. The van der Waals surface area contributed by atoms with Gasteiger partial charge in [-0.05, 0) is 44.0 Å². The van der Waals surface area contributed by atoms with E-state index in [9.17, 15) is 0 Å². The Morgan fingerprint density at radius 1 is 1.37 bits per heavy atom. The fraction of sp³-hybridized carbons (Fsp3) is 0.357. The summed E-state index contributed by atoms with van der Waals surface area (Å²) in [6.45, 7) is 3.12. The lowest BCUT2D eigenvalue weighted by molar-refractivity contribution is 0.625. The molecule has 0 aliphatic carbocycles. The van der Waals surface area contributed by atoms with Crippen LogP contribution in [0.5, 0.6) is 0 Å². The van der Waals surface area contributed by atoms with Crippen LogP contribution in [0.2, 0.25) is 5.02 Å². The van der Waals surface area contributed by atoms with Gasteiger partial charge >= 0.3 is 0 Å². The maximum atomic E-state index is 6.15. The van der Waals surface area contributed by atoms with Gasteiger partial charge in [0, 0.05) is 16.6 Å². The lowest BCUT2D eigenvalue weighted by Crippen LogP contribution is -2.12. The third-order valence-electron chi connectivity index (χ3n) is 3.58. The molecule has 3 nitrogen and oxygen atoms in total. The lowest BCUT2D eigenvalue weighted by Gasteiger charge is -2.06. The molecular weight excluding hydrogens is 281 g/mol. The number of benzene rings is 1. The van der Waals surface area contributed by atoms with Gasteiger partial charge in [0.2, 0.25) is 0 Å². The van der Waals surface area contributed by atoms with E-state index in [1.165, 1.54) is 18.5 Å². The Morgan fingerprint density at radius 2 is 2.21 bits per heavy atom. The van der Waals surface area contributed by atoms with Crippen LogP contribution in [0.25, 0.3) is 11.3 Å². The molecule has 3 rings (SSSR count). The van der Waals surface area contributed by atoms with Crippen LogP contribution in [-0.4, -0.2) is 16.7 Å². The summed E-state index contributed by atoms with van der Waals surface area (Å²) in [5.41, 5.74) is 4.32. The highest BCUT2D eigenvalue weighted by molar-refractivity contribution is 6.31. The summed E-state index contributed by atoms with van der Waals surface area (Å²) in [5, 5.41) is 11.8. The zero-order valence-electron chi connectivity index (χ0n) is 10.7. The Bertz CT molecular complexity index is 560. The van der Waals surface area contributed by atoms with Crippen molar-refractivity contribution in [2.45, 2.75) is 25.8 Å². The number of aromatic amines is 1. The minimum Gasteiger partial charge on any atom is -0.309 e. The van der Waals surface area contributed by atoms with Gasteiger partial charge in [-0.25, -0.2) is 0 Å². The Balaban J connectivity index is 0.00000133. The van der Waals surface area contributed by atoms with Gasteiger partial charge in [0.25, 0.3) is 0 Å². The van der Waals surface area contributed by atoms with Gasteiger partial charge in [0.15, 0.2) is 0 Å². The van der Waals surface area contributed by atoms with Crippen LogP contribution < -0.4 is 5.32 Å². The van der Waals surface area contributed by atoms with Crippen molar-refractivity contribution in [3.63, 3.8) is 0 Å². The Hall–Kier alpha value is -1.03. The van der Waals surface area contributed by atoms with Crippen molar-refractivity contribution in [1.82, 2.24) is 15.5 Å². The van der Waals surface area contributed by atoms with Gasteiger partial charge in [-0.3, -0.25) is 5.10 Å². The molecule has 0 saturated carbocycles. The van der Waals surface area contributed by atoms with Gasteiger partial charge in [-0.15, -0.1) is 12.4 Å². The molecule has 2 N–H and O–H groups in total. The first-order valence-electron chi connectivity index (χ1n) is 6.30. The Kier molecular flexibility index (Phi) is 4.50. The molecule has 0 bridgehead atoms. The smallest absolute Gasteiger partial charge is 0.0927 e. The van der Waals surface area contributed by atoms with Gasteiger partial charge < -0.3 is 5.32 Å². The zero-order valence-corrected chi connectivity index (χ0v) is 12.3. The van der Waals surface area contributed by atoms with Crippen LogP contribution >= 0.6 is 24.0 Å². The molecule has 1 aromatic heterocycles. The van der Waals surface area contributed by atoms with E-state index in [0.717, 1.165) is 28.4 Å². The topological polar surface area (TPSA) is 40.7 Å². The van der Waals surface area contributed by atoms with Crippen LogP contribution in [-0.2, 0) is 0 Å². The first kappa shape index (κ1) is 14.4. The van der Waals surface area contributed by atoms with Gasteiger partial charge in [0.1, 0.15) is 0 Å². The summed E-state index contributed by atoms with van der Waals surface area (Å²) in [5.74, 6) is 0. The van der Waals surface area contributed by atoms with E-state index >= 15 is 0 Å². The van der Waals surface area contributed by atoms with Crippen molar-refractivity contribution in [3.8, 4) is 11.3 Å². The van der Waals surface area contributed by atoms with Crippen LogP contribution in [0.3, 0.4) is 0 Å². The SMILES string of the molecule is Cc1c(Cl)cccc1-c1cc([C@@H]2CCCN2)[nH]n1.Cl. The standard InChI is InChI=1S/C14H16ClN3.ClH/c1-9-10(4-2-5-11(9)15)13-8-14(18-17-13)12-6-3-7-16-12;/h2,4-5,8,12,16H,3,6-7H2,1H3,(H,17,18);1H/t12-;/m0./s1. The summed E-state index contributed by atoms with van der Waals surface area (Å²) in [6.07, 6.45) is 2.41. The average molecular weight is 298 g/mol. The number of aromatic nitrogens is 2. The summed E-state index contributed by atoms with van der Waals surface area (Å²) in [7, 11) is 0. The highest BCUT2D eigenvalue weighted by Gasteiger charge is 2.19. The second kappa shape index (κ2) is 5.95. The molecular formula is C14H17Cl2N3. The van der Waals surface area contributed by atoms with Crippen molar-refractivity contribution in [2.24, 2.45) is 0 Å². The summed E-state index contributed by atoms with van der Waals surface area (Å²) < 4.78 is 0. The molecule has 1 saturated heterocycles. The normalized spacial score (nSPS) is 18.3. The molecule has 2 aromatic rings. The number of hydrogen-bond donors (Lipinski definition) is 2. The number of rotatable bonds is 2. The molecule has 1 aliphatic heterocycles. The number of hydrogen-bond acceptors (Lipinski definition) is 2. The van der Waals surface area contributed by atoms with E-state index in [0.29, 0.717) is 6.04 Å². The molecule has 1 atom stereocenters. The molecule has 0 spiro atoms. The van der Waals surface area contributed by atoms with Crippen LogP contribution in [0, 0.1) is 6.92 Å².